The fourth-order valence-electron chi connectivity index (χ4n) is 6.95. The first-order chi connectivity index (χ1) is 23.3. The van der Waals surface area contributed by atoms with E-state index in [1.807, 2.05) is 24.3 Å². The number of benzene rings is 7. The lowest BCUT2D eigenvalue weighted by atomic mass is 9.92. The van der Waals surface area contributed by atoms with Crippen molar-refractivity contribution in [1.82, 2.24) is 19.9 Å². The van der Waals surface area contributed by atoms with Crippen LogP contribution in [0.2, 0.25) is 0 Å². The summed E-state index contributed by atoms with van der Waals surface area (Å²) in [4.78, 5) is 20.4. The van der Waals surface area contributed by atoms with Gasteiger partial charge in [0, 0.05) is 22.7 Å². The van der Waals surface area contributed by atoms with Crippen LogP contribution in [0.15, 0.2) is 150 Å². The molecule has 218 valence electrons. The topological polar surface area (TPSA) is 64.7 Å². The Labute approximate surface area is 268 Å². The fourth-order valence-corrected chi connectivity index (χ4v) is 6.95. The molecule has 0 aliphatic rings. The van der Waals surface area contributed by atoms with Gasteiger partial charge in [-0.3, -0.25) is 4.98 Å². The van der Waals surface area contributed by atoms with Crippen molar-refractivity contribution >= 4 is 65.0 Å². The van der Waals surface area contributed by atoms with Crippen molar-refractivity contribution in [2.45, 2.75) is 0 Å². The maximum atomic E-state index is 6.23. The summed E-state index contributed by atoms with van der Waals surface area (Å²) in [5, 5.41) is 11.1. The van der Waals surface area contributed by atoms with E-state index in [-0.39, 0.29) is 0 Å². The second kappa shape index (κ2) is 10.0. The highest BCUT2D eigenvalue weighted by molar-refractivity contribution is 6.23. The quantitative estimate of drug-likeness (QED) is 0.189. The molecule has 3 aromatic heterocycles. The van der Waals surface area contributed by atoms with Crippen molar-refractivity contribution in [1.29, 1.82) is 0 Å². The molecule has 10 rings (SSSR count). The number of nitrogens with zero attached hydrogens (tertiary/aromatic N) is 4. The van der Waals surface area contributed by atoms with Gasteiger partial charge in [-0.25, -0.2) is 15.0 Å². The third-order valence-electron chi connectivity index (χ3n) is 9.13. The molecule has 0 radical (unpaired) electrons. The highest BCUT2D eigenvalue weighted by Gasteiger charge is 2.21. The van der Waals surface area contributed by atoms with E-state index >= 15 is 0 Å². The van der Waals surface area contributed by atoms with Gasteiger partial charge >= 0.3 is 0 Å². The van der Waals surface area contributed by atoms with E-state index in [1.165, 1.54) is 21.5 Å². The molecule has 10 aromatic rings. The number of pyridine rings is 1. The molecule has 0 fully saturated rings. The zero-order valence-corrected chi connectivity index (χ0v) is 25.1. The third kappa shape index (κ3) is 4.03. The summed E-state index contributed by atoms with van der Waals surface area (Å²) in [6.07, 6.45) is 1.76. The van der Waals surface area contributed by atoms with Crippen LogP contribution in [0, 0.1) is 0 Å². The van der Waals surface area contributed by atoms with Crippen molar-refractivity contribution in [3.05, 3.63) is 146 Å². The standard InChI is InChI=1S/C42H24N4O/c1-2-11-27-23-29(18-17-25(27)9-1)40-44-41(46-42(45-40)39-38-33-15-7-8-16-35(33)47-36(38)21-22-43-39)34-24-28-12-4-6-14-31(28)37-30-13-5-3-10-26(30)19-20-32(34)37/h1-24H. The monoisotopic (exact) mass is 600 g/mol. The Morgan fingerprint density at radius 2 is 1.06 bits per heavy atom. The number of rotatable bonds is 3. The average Bonchev–Trinajstić information content (AvgIpc) is 3.53. The van der Waals surface area contributed by atoms with Crippen molar-refractivity contribution in [2.75, 3.05) is 0 Å². The van der Waals surface area contributed by atoms with Crippen LogP contribution in [0.3, 0.4) is 0 Å². The van der Waals surface area contributed by atoms with Gasteiger partial charge in [0.15, 0.2) is 17.5 Å². The summed E-state index contributed by atoms with van der Waals surface area (Å²) in [5.41, 5.74) is 4.06. The number of aromatic nitrogens is 4. The van der Waals surface area contributed by atoms with E-state index in [0.717, 1.165) is 54.6 Å². The normalized spacial score (nSPS) is 11.8. The van der Waals surface area contributed by atoms with Crippen LogP contribution in [0.4, 0.5) is 0 Å². The van der Waals surface area contributed by atoms with Crippen LogP contribution in [0.25, 0.3) is 99.3 Å². The Morgan fingerprint density at radius 3 is 1.94 bits per heavy atom. The molecule has 0 aliphatic heterocycles. The number of hydrogen-bond donors (Lipinski definition) is 0. The Hall–Kier alpha value is -6.46. The lowest BCUT2D eigenvalue weighted by Gasteiger charge is -2.14. The molecule has 5 heteroatoms. The maximum Gasteiger partial charge on any atom is 0.183 e. The van der Waals surface area contributed by atoms with Gasteiger partial charge in [0.2, 0.25) is 0 Å². The molecule has 0 N–H and O–H groups in total. The Bertz CT molecular complexity index is 2860. The first kappa shape index (κ1) is 25.8. The predicted octanol–water partition coefficient (Wildman–Crippen LogP) is 10.8. The summed E-state index contributed by atoms with van der Waals surface area (Å²) >= 11 is 0. The molecule has 0 amide bonds. The SMILES string of the molecule is c1ccc2cc(-c3nc(-c4cc5ccccc5c5c4ccc4ccccc45)nc(-c4nccc5oc6ccccc6c45)n3)ccc2c1. The molecule has 3 heterocycles. The number of para-hydroxylation sites is 1. The number of furan rings is 1. The predicted molar refractivity (Wildman–Crippen MR) is 191 cm³/mol. The molecule has 7 aromatic carbocycles. The van der Waals surface area contributed by atoms with Crippen LogP contribution in [0.1, 0.15) is 0 Å². The van der Waals surface area contributed by atoms with E-state index in [9.17, 15) is 0 Å². The van der Waals surface area contributed by atoms with E-state index in [0.29, 0.717) is 23.2 Å². The molecule has 0 aliphatic carbocycles. The van der Waals surface area contributed by atoms with Crippen molar-refractivity contribution in [3.63, 3.8) is 0 Å². The van der Waals surface area contributed by atoms with Gasteiger partial charge in [0.25, 0.3) is 0 Å². The zero-order chi connectivity index (χ0) is 30.9. The lowest BCUT2D eigenvalue weighted by molar-refractivity contribution is 0.668. The van der Waals surface area contributed by atoms with Crippen molar-refractivity contribution < 1.29 is 4.42 Å². The average molecular weight is 601 g/mol. The van der Waals surface area contributed by atoms with E-state index < -0.39 is 0 Å². The summed E-state index contributed by atoms with van der Waals surface area (Å²) in [6.45, 7) is 0. The van der Waals surface area contributed by atoms with E-state index in [2.05, 4.69) is 115 Å². The molecular formula is C42H24N4O. The molecular weight excluding hydrogens is 576 g/mol. The highest BCUT2D eigenvalue weighted by atomic mass is 16.3. The van der Waals surface area contributed by atoms with E-state index in [4.69, 9.17) is 24.4 Å². The summed E-state index contributed by atoms with van der Waals surface area (Å²) in [5.74, 6) is 1.68. The smallest absolute Gasteiger partial charge is 0.183 e. The van der Waals surface area contributed by atoms with Crippen LogP contribution < -0.4 is 0 Å². The van der Waals surface area contributed by atoms with Gasteiger partial charge in [-0.1, -0.05) is 115 Å². The fraction of sp³-hybridized carbons (Fsp3) is 0. The third-order valence-corrected chi connectivity index (χ3v) is 9.13. The number of hydrogen-bond acceptors (Lipinski definition) is 5. The van der Waals surface area contributed by atoms with Gasteiger partial charge in [-0.2, -0.15) is 0 Å². The van der Waals surface area contributed by atoms with Gasteiger partial charge in [-0.15, -0.1) is 0 Å². The van der Waals surface area contributed by atoms with Crippen LogP contribution >= 0.6 is 0 Å². The summed E-state index contributed by atoms with van der Waals surface area (Å²) < 4.78 is 6.23. The molecule has 0 atom stereocenters. The van der Waals surface area contributed by atoms with Crippen LogP contribution in [0.5, 0.6) is 0 Å². The van der Waals surface area contributed by atoms with Crippen LogP contribution in [-0.2, 0) is 0 Å². The molecule has 0 unspecified atom stereocenters. The van der Waals surface area contributed by atoms with E-state index in [1.54, 1.807) is 6.20 Å². The van der Waals surface area contributed by atoms with Crippen molar-refractivity contribution in [3.8, 4) is 34.3 Å². The largest absolute Gasteiger partial charge is 0.456 e. The molecule has 0 saturated heterocycles. The summed E-state index contributed by atoms with van der Waals surface area (Å²) in [6, 6.07) is 48.3. The first-order valence-electron chi connectivity index (χ1n) is 15.6. The second-order valence-electron chi connectivity index (χ2n) is 11.9. The molecule has 47 heavy (non-hydrogen) atoms. The molecule has 5 nitrogen and oxygen atoms in total. The highest BCUT2D eigenvalue weighted by Crippen LogP contribution is 2.40. The minimum absolute atomic E-state index is 0.498. The minimum atomic E-state index is 0.498. The Balaban J connectivity index is 1.31. The van der Waals surface area contributed by atoms with Gasteiger partial charge in [-0.05, 0) is 67.4 Å². The Morgan fingerprint density at radius 1 is 0.404 bits per heavy atom. The first-order valence-corrected chi connectivity index (χ1v) is 15.6. The second-order valence-corrected chi connectivity index (χ2v) is 11.9. The zero-order valence-electron chi connectivity index (χ0n) is 25.1. The molecule has 0 spiro atoms. The Kier molecular flexibility index (Phi) is 5.51. The summed E-state index contributed by atoms with van der Waals surface area (Å²) in [7, 11) is 0. The minimum Gasteiger partial charge on any atom is -0.456 e. The van der Waals surface area contributed by atoms with Gasteiger partial charge < -0.3 is 4.42 Å². The van der Waals surface area contributed by atoms with Gasteiger partial charge in [0.05, 0.1) is 5.39 Å². The van der Waals surface area contributed by atoms with Crippen molar-refractivity contribution in [2.24, 2.45) is 0 Å². The van der Waals surface area contributed by atoms with Crippen LogP contribution in [-0.4, -0.2) is 19.9 Å². The maximum absolute atomic E-state index is 6.23. The lowest BCUT2D eigenvalue weighted by Crippen LogP contribution is -2.02. The van der Waals surface area contributed by atoms with Gasteiger partial charge in [0.1, 0.15) is 16.9 Å². The molecule has 0 bridgehead atoms. The number of fused-ring (bicyclic) bond motifs is 9. The molecule has 0 saturated carbocycles.